The van der Waals surface area contributed by atoms with Gasteiger partial charge in [-0.2, -0.15) is 26.3 Å². The molecule has 0 bridgehead atoms. The number of hydrogen-bond donors (Lipinski definition) is 2. The lowest BCUT2D eigenvalue weighted by molar-refractivity contribution is -0.193. The summed E-state index contributed by atoms with van der Waals surface area (Å²) in [6.07, 6.45) is -1.87. The summed E-state index contributed by atoms with van der Waals surface area (Å²) in [4.78, 5) is 35.3. The standard InChI is InChI=1S/C17H21N5O.2C2HF3O2/c1-21-10-14(11-23-15-4-2-5-18-9-15)8-17(21)12-22(13-17)16-19-6-3-7-20-16;2*3-2(4,5)1(6)7/h2-7,9,14H,8,10-13H2,1H3;2*(H,6,7). The maximum Gasteiger partial charge on any atom is 0.490 e. The van der Waals surface area contributed by atoms with E-state index >= 15 is 0 Å². The normalized spacial score (nSPS) is 18.6. The van der Waals surface area contributed by atoms with E-state index in [1.807, 2.05) is 18.2 Å². The molecule has 0 aromatic carbocycles. The number of carboxylic acids is 2. The Bertz CT molecular complexity index is 996. The Morgan fingerprint density at radius 1 is 1.03 bits per heavy atom. The Hall–Kier alpha value is -3.69. The van der Waals surface area contributed by atoms with Crippen molar-refractivity contribution < 1.29 is 50.9 Å². The number of hydrogen-bond acceptors (Lipinski definition) is 8. The summed E-state index contributed by atoms with van der Waals surface area (Å²) in [6.45, 7) is 3.82. The van der Waals surface area contributed by atoms with Crippen LogP contribution in [0.25, 0.3) is 0 Å². The van der Waals surface area contributed by atoms with Gasteiger partial charge in [-0.15, -0.1) is 0 Å². The van der Waals surface area contributed by atoms with Gasteiger partial charge in [0.25, 0.3) is 0 Å². The van der Waals surface area contributed by atoms with Gasteiger partial charge in [0, 0.05) is 44.1 Å². The van der Waals surface area contributed by atoms with Crippen molar-refractivity contribution in [1.29, 1.82) is 0 Å². The van der Waals surface area contributed by atoms with Crippen molar-refractivity contribution in [3.8, 4) is 5.75 Å². The number of anilines is 1. The van der Waals surface area contributed by atoms with Crippen molar-refractivity contribution in [1.82, 2.24) is 19.9 Å². The van der Waals surface area contributed by atoms with Crippen LogP contribution in [0.3, 0.4) is 0 Å². The number of halogens is 6. The SMILES string of the molecule is CN1CC(COc2cccnc2)CC12CN(c1ncccn1)C2.O=C(O)C(F)(F)F.O=C(O)C(F)(F)F. The molecule has 2 N–H and O–H groups in total. The minimum absolute atomic E-state index is 0.252. The molecule has 204 valence electrons. The fourth-order valence-electron chi connectivity index (χ4n) is 3.73. The van der Waals surface area contributed by atoms with Crippen molar-refractivity contribution >= 4 is 17.9 Å². The summed E-state index contributed by atoms with van der Waals surface area (Å²) in [5.74, 6) is -3.27. The van der Waals surface area contributed by atoms with Gasteiger partial charge in [-0.3, -0.25) is 9.88 Å². The third-order valence-corrected chi connectivity index (χ3v) is 5.42. The maximum absolute atomic E-state index is 10.6. The Morgan fingerprint density at radius 3 is 2.03 bits per heavy atom. The van der Waals surface area contributed by atoms with Crippen LogP contribution in [-0.2, 0) is 9.59 Å². The van der Waals surface area contributed by atoms with Crippen LogP contribution < -0.4 is 9.64 Å². The average Bonchev–Trinajstić information content (AvgIpc) is 3.14. The van der Waals surface area contributed by atoms with E-state index in [-0.39, 0.29) is 5.54 Å². The molecule has 2 fully saturated rings. The van der Waals surface area contributed by atoms with Crippen LogP contribution in [0.2, 0.25) is 0 Å². The van der Waals surface area contributed by atoms with Crippen molar-refractivity contribution in [2.75, 3.05) is 38.2 Å². The number of nitrogens with zero attached hydrogens (tertiary/aromatic N) is 5. The van der Waals surface area contributed by atoms with Gasteiger partial charge in [-0.05, 0) is 31.7 Å². The van der Waals surface area contributed by atoms with Crippen LogP contribution in [0.1, 0.15) is 6.42 Å². The van der Waals surface area contributed by atoms with Gasteiger partial charge in [-0.1, -0.05) is 0 Å². The largest absolute Gasteiger partial charge is 0.492 e. The lowest BCUT2D eigenvalue weighted by Crippen LogP contribution is -2.67. The van der Waals surface area contributed by atoms with Crippen molar-refractivity contribution in [3.63, 3.8) is 0 Å². The topological polar surface area (TPSA) is 129 Å². The summed E-state index contributed by atoms with van der Waals surface area (Å²) in [6, 6.07) is 5.72. The Kier molecular flexibility index (Phi) is 9.61. The molecule has 2 aromatic rings. The number of carbonyl (C=O) groups is 2. The van der Waals surface area contributed by atoms with Gasteiger partial charge in [0.15, 0.2) is 0 Å². The molecule has 0 amide bonds. The number of alkyl halides is 6. The van der Waals surface area contributed by atoms with Crippen molar-refractivity contribution in [2.45, 2.75) is 24.3 Å². The number of aromatic nitrogens is 3. The van der Waals surface area contributed by atoms with E-state index in [0.717, 1.165) is 44.4 Å². The number of aliphatic carboxylic acids is 2. The van der Waals surface area contributed by atoms with E-state index < -0.39 is 24.3 Å². The quantitative estimate of drug-likeness (QED) is 0.560. The molecule has 1 atom stereocenters. The van der Waals surface area contributed by atoms with Crippen molar-refractivity contribution in [3.05, 3.63) is 43.0 Å². The molecule has 1 spiro atoms. The molecule has 4 rings (SSSR count). The third kappa shape index (κ3) is 8.73. The zero-order valence-electron chi connectivity index (χ0n) is 19.3. The highest BCUT2D eigenvalue weighted by molar-refractivity contribution is 5.73. The molecule has 10 nitrogen and oxygen atoms in total. The molecule has 0 saturated carbocycles. The fourth-order valence-corrected chi connectivity index (χ4v) is 3.73. The summed E-state index contributed by atoms with van der Waals surface area (Å²) in [7, 11) is 2.22. The monoisotopic (exact) mass is 539 g/mol. The minimum atomic E-state index is -5.08. The molecule has 2 aliphatic rings. The summed E-state index contributed by atoms with van der Waals surface area (Å²) >= 11 is 0. The third-order valence-electron chi connectivity index (χ3n) is 5.42. The van der Waals surface area contributed by atoms with Crippen LogP contribution in [-0.4, -0.2) is 93.2 Å². The number of rotatable bonds is 4. The smallest absolute Gasteiger partial charge is 0.490 e. The Balaban J connectivity index is 0.000000286. The minimum Gasteiger partial charge on any atom is -0.492 e. The Labute approximate surface area is 206 Å². The number of carboxylic acid groups (broad SMARTS) is 2. The first kappa shape index (κ1) is 29.5. The molecule has 2 aliphatic heterocycles. The highest BCUT2D eigenvalue weighted by atomic mass is 19.4. The first-order valence-electron chi connectivity index (χ1n) is 10.5. The molecule has 2 aromatic heterocycles. The predicted molar refractivity (Wildman–Crippen MR) is 115 cm³/mol. The fraction of sp³-hybridized carbons (Fsp3) is 0.476. The van der Waals surface area contributed by atoms with Crippen LogP contribution >= 0.6 is 0 Å². The number of likely N-dealkylation sites (tertiary alicyclic amines) is 1. The molecule has 37 heavy (non-hydrogen) atoms. The average molecular weight is 539 g/mol. The van der Waals surface area contributed by atoms with Gasteiger partial charge < -0.3 is 19.8 Å². The van der Waals surface area contributed by atoms with Crippen molar-refractivity contribution in [2.24, 2.45) is 5.92 Å². The molecular formula is C21H23F6N5O5. The van der Waals surface area contributed by atoms with Crippen LogP contribution in [0.15, 0.2) is 43.0 Å². The second kappa shape index (κ2) is 12.0. The molecule has 0 aliphatic carbocycles. The van der Waals surface area contributed by atoms with E-state index in [1.165, 1.54) is 0 Å². The summed E-state index contributed by atoms with van der Waals surface area (Å²) in [5, 5.41) is 14.2. The summed E-state index contributed by atoms with van der Waals surface area (Å²) in [5.41, 5.74) is 0.252. The van der Waals surface area contributed by atoms with E-state index in [9.17, 15) is 26.3 Å². The van der Waals surface area contributed by atoms with Gasteiger partial charge in [0.1, 0.15) is 5.75 Å². The lowest BCUT2D eigenvalue weighted by atomic mass is 9.85. The lowest BCUT2D eigenvalue weighted by Gasteiger charge is -2.51. The Morgan fingerprint density at radius 2 is 1.57 bits per heavy atom. The molecule has 0 radical (unpaired) electrons. The second-order valence-electron chi connectivity index (χ2n) is 8.19. The molecule has 4 heterocycles. The van der Waals surface area contributed by atoms with Crippen LogP contribution in [0.4, 0.5) is 32.3 Å². The van der Waals surface area contributed by atoms with Gasteiger partial charge in [-0.25, -0.2) is 19.6 Å². The highest BCUT2D eigenvalue weighted by Crippen LogP contribution is 2.40. The zero-order valence-corrected chi connectivity index (χ0v) is 19.3. The van der Waals surface area contributed by atoms with E-state index in [2.05, 4.69) is 31.8 Å². The highest BCUT2D eigenvalue weighted by Gasteiger charge is 2.52. The molecule has 1 unspecified atom stereocenters. The second-order valence-corrected chi connectivity index (χ2v) is 8.19. The van der Waals surface area contributed by atoms with Crippen LogP contribution in [0, 0.1) is 5.92 Å². The first-order valence-corrected chi connectivity index (χ1v) is 10.5. The van der Waals surface area contributed by atoms with E-state index in [4.69, 9.17) is 24.5 Å². The number of pyridine rings is 1. The van der Waals surface area contributed by atoms with Gasteiger partial charge >= 0.3 is 24.3 Å². The summed E-state index contributed by atoms with van der Waals surface area (Å²) < 4.78 is 69.4. The number of likely N-dealkylation sites (N-methyl/N-ethyl adjacent to an activating group) is 1. The van der Waals surface area contributed by atoms with E-state index in [0.29, 0.717) is 5.92 Å². The van der Waals surface area contributed by atoms with E-state index in [1.54, 1.807) is 24.8 Å². The zero-order chi connectivity index (χ0) is 27.9. The number of ether oxygens (including phenoxy) is 1. The predicted octanol–water partition coefficient (Wildman–Crippen LogP) is 2.73. The van der Waals surface area contributed by atoms with Gasteiger partial charge in [0.05, 0.1) is 18.3 Å². The molecule has 16 heteroatoms. The first-order chi connectivity index (χ1) is 17.1. The van der Waals surface area contributed by atoms with Gasteiger partial charge in [0.2, 0.25) is 5.95 Å². The molecular weight excluding hydrogens is 516 g/mol. The molecule has 2 saturated heterocycles. The maximum atomic E-state index is 10.6. The van der Waals surface area contributed by atoms with Crippen LogP contribution in [0.5, 0.6) is 5.75 Å².